The van der Waals surface area contributed by atoms with E-state index in [0.717, 1.165) is 11.6 Å². The number of ether oxygens (including phenoxy) is 1. The molecule has 3 rings (SSSR count). The SMILES string of the molecule is CN(Cc1cc(NC(=O)CCc2cccc(B(O)O)c2)ccc1S(=O)(=O)C1CC1)C(=O)OCC[Si](C)(C)C. The minimum absolute atomic E-state index is 0.0209. The molecule has 38 heavy (non-hydrogen) atoms. The third-order valence-electron chi connectivity index (χ3n) is 6.30. The number of carbonyl (C=O) groups is 2. The first-order valence-corrected chi connectivity index (χ1v) is 18.0. The van der Waals surface area contributed by atoms with E-state index in [4.69, 9.17) is 4.74 Å². The molecule has 0 bridgehead atoms. The van der Waals surface area contributed by atoms with Crippen molar-refractivity contribution in [3.63, 3.8) is 0 Å². The number of amides is 2. The van der Waals surface area contributed by atoms with Gasteiger partial charge < -0.3 is 25.0 Å². The van der Waals surface area contributed by atoms with Gasteiger partial charge in [-0.25, -0.2) is 13.2 Å². The third kappa shape index (κ3) is 8.69. The molecule has 1 aliphatic rings. The van der Waals surface area contributed by atoms with Crippen LogP contribution in [0.15, 0.2) is 47.4 Å². The first-order chi connectivity index (χ1) is 17.8. The summed E-state index contributed by atoms with van der Waals surface area (Å²) in [6, 6.07) is 12.2. The zero-order valence-electron chi connectivity index (χ0n) is 22.4. The number of aryl methyl sites for hydroxylation is 1. The van der Waals surface area contributed by atoms with Gasteiger partial charge in [0.25, 0.3) is 0 Å². The van der Waals surface area contributed by atoms with Crippen molar-refractivity contribution in [3.05, 3.63) is 53.6 Å². The van der Waals surface area contributed by atoms with Crippen LogP contribution in [0.4, 0.5) is 10.5 Å². The smallest absolute Gasteiger partial charge is 0.450 e. The van der Waals surface area contributed by atoms with Gasteiger partial charge in [-0.3, -0.25) is 4.79 Å². The van der Waals surface area contributed by atoms with Crippen LogP contribution in [0, 0.1) is 0 Å². The van der Waals surface area contributed by atoms with E-state index in [-0.39, 0.29) is 23.8 Å². The number of sulfone groups is 1. The van der Waals surface area contributed by atoms with Crippen LogP contribution in [0.2, 0.25) is 25.7 Å². The summed E-state index contributed by atoms with van der Waals surface area (Å²) in [5.41, 5.74) is 1.98. The van der Waals surface area contributed by atoms with Crippen LogP contribution in [0.3, 0.4) is 0 Å². The molecule has 0 heterocycles. The number of hydrogen-bond acceptors (Lipinski definition) is 7. The number of nitrogens with zero attached hydrogens (tertiary/aromatic N) is 1. The van der Waals surface area contributed by atoms with Gasteiger partial charge in [0.1, 0.15) is 0 Å². The van der Waals surface area contributed by atoms with Crippen molar-refractivity contribution in [2.75, 3.05) is 19.0 Å². The van der Waals surface area contributed by atoms with E-state index >= 15 is 0 Å². The summed E-state index contributed by atoms with van der Waals surface area (Å²) in [7, 11) is -4.92. The van der Waals surface area contributed by atoms with Crippen LogP contribution in [-0.2, 0) is 32.3 Å². The number of anilines is 1. The third-order valence-corrected chi connectivity index (χ3v) is 10.4. The highest BCUT2D eigenvalue weighted by Crippen LogP contribution is 2.36. The van der Waals surface area contributed by atoms with Gasteiger partial charge in [0.15, 0.2) is 9.84 Å². The molecule has 2 amide bonds. The highest BCUT2D eigenvalue weighted by molar-refractivity contribution is 7.92. The molecular formula is C26H37BN2O7SSi. The predicted molar refractivity (Wildman–Crippen MR) is 151 cm³/mol. The molecule has 1 fully saturated rings. The van der Waals surface area contributed by atoms with Crippen molar-refractivity contribution >= 4 is 48.2 Å². The molecule has 9 nitrogen and oxygen atoms in total. The molecule has 0 spiro atoms. The lowest BCUT2D eigenvalue weighted by atomic mass is 9.79. The molecule has 1 saturated carbocycles. The number of nitrogens with one attached hydrogen (secondary N) is 1. The van der Waals surface area contributed by atoms with Crippen molar-refractivity contribution < 1.29 is 32.8 Å². The molecule has 2 aromatic carbocycles. The molecule has 0 unspecified atom stereocenters. The average molecular weight is 561 g/mol. The van der Waals surface area contributed by atoms with Gasteiger partial charge in [0.2, 0.25) is 5.91 Å². The molecular weight excluding hydrogens is 523 g/mol. The van der Waals surface area contributed by atoms with Crippen molar-refractivity contribution in [3.8, 4) is 0 Å². The fraction of sp³-hybridized carbons (Fsp3) is 0.462. The minimum atomic E-state index is -3.53. The fourth-order valence-corrected chi connectivity index (χ4v) is 6.46. The predicted octanol–water partition coefficient (Wildman–Crippen LogP) is 2.78. The van der Waals surface area contributed by atoms with Crippen LogP contribution in [0.1, 0.15) is 30.4 Å². The monoisotopic (exact) mass is 560 g/mol. The minimum Gasteiger partial charge on any atom is -0.450 e. The van der Waals surface area contributed by atoms with Crippen molar-refractivity contribution in [2.45, 2.75) is 68.1 Å². The zero-order valence-corrected chi connectivity index (χ0v) is 24.3. The maximum Gasteiger partial charge on any atom is 0.488 e. The standard InChI is InChI=1S/C26H37BN2O7SSi/c1-29(26(31)36-14-15-38(2,3)4)18-20-17-22(9-12-24(20)37(34,35)23-10-11-23)28-25(30)13-8-19-6-5-7-21(16-19)27(32)33/h5-7,9,12,16-17,23,32-33H,8,10-11,13-15,18H2,1-4H3,(H,28,30). The van der Waals surface area contributed by atoms with E-state index in [1.165, 1.54) is 11.0 Å². The average Bonchev–Trinajstić information content (AvgIpc) is 3.68. The first kappa shape index (κ1) is 29.9. The van der Waals surface area contributed by atoms with Crippen LogP contribution in [-0.4, -0.2) is 69.5 Å². The Hall–Kier alpha value is -2.67. The van der Waals surface area contributed by atoms with E-state index in [1.807, 2.05) is 0 Å². The molecule has 3 N–H and O–H groups in total. The van der Waals surface area contributed by atoms with Crippen LogP contribution >= 0.6 is 0 Å². The Morgan fingerprint density at radius 2 is 1.84 bits per heavy atom. The summed E-state index contributed by atoms with van der Waals surface area (Å²) < 4.78 is 31.5. The van der Waals surface area contributed by atoms with Gasteiger partial charge in [-0.15, -0.1) is 0 Å². The summed E-state index contributed by atoms with van der Waals surface area (Å²) in [6.07, 6.45) is 1.24. The quantitative estimate of drug-likeness (QED) is 0.340. The number of carbonyl (C=O) groups excluding carboxylic acids is 2. The molecule has 0 radical (unpaired) electrons. The van der Waals surface area contributed by atoms with Gasteiger partial charge in [0, 0.05) is 27.2 Å². The van der Waals surface area contributed by atoms with Crippen LogP contribution in [0.5, 0.6) is 0 Å². The van der Waals surface area contributed by atoms with Crippen LogP contribution < -0.4 is 10.8 Å². The van der Waals surface area contributed by atoms with Crippen molar-refractivity contribution in [1.82, 2.24) is 4.90 Å². The Balaban J connectivity index is 1.71. The van der Waals surface area contributed by atoms with Gasteiger partial charge >= 0.3 is 13.2 Å². The van der Waals surface area contributed by atoms with Gasteiger partial charge in [-0.1, -0.05) is 43.9 Å². The summed E-state index contributed by atoms with van der Waals surface area (Å²) in [6.45, 7) is 6.91. The molecule has 12 heteroatoms. The molecule has 2 aromatic rings. The lowest BCUT2D eigenvalue weighted by Gasteiger charge is -2.21. The lowest BCUT2D eigenvalue weighted by molar-refractivity contribution is -0.116. The summed E-state index contributed by atoms with van der Waals surface area (Å²) in [5.74, 6) is -0.275. The number of rotatable bonds is 12. The van der Waals surface area contributed by atoms with E-state index in [9.17, 15) is 28.1 Å². The Bertz CT molecular complexity index is 1260. The fourth-order valence-electron chi connectivity index (χ4n) is 3.88. The lowest BCUT2D eigenvalue weighted by Crippen LogP contribution is -2.30. The first-order valence-electron chi connectivity index (χ1n) is 12.8. The number of hydrogen-bond donors (Lipinski definition) is 3. The normalized spacial score (nSPS) is 13.6. The Labute approximate surface area is 226 Å². The summed E-state index contributed by atoms with van der Waals surface area (Å²) in [4.78, 5) is 26.7. The van der Waals surface area contributed by atoms with E-state index in [2.05, 4.69) is 25.0 Å². The highest BCUT2D eigenvalue weighted by atomic mass is 32.2. The van der Waals surface area contributed by atoms with Gasteiger partial charge in [-0.05, 0) is 60.1 Å². The van der Waals surface area contributed by atoms with Crippen molar-refractivity contribution in [1.29, 1.82) is 0 Å². The highest BCUT2D eigenvalue weighted by Gasteiger charge is 2.38. The summed E-state index contributed by atoms with van der Waals surface area (Å²) >= 11 is 0. The largest absolute Gasteiger partial charge is 0.488 e. The molecule has 0 atom stereocenters. The zero-order chi connectivity index (χ0) is 28.1. The Morgan fingerprint density at radius 3 is 2.47 bits per heavy atom. The molecule has 206 valence electrons. The van der Waals surface area contributed by atoms with E-state index < -0.39 is 36.4 Å². The maximum atomic E-state index is 13.1. The van der Waals surface area contributed by atoms with Crippen LogP contribution in [0.25, 0.3) is 0 Å². The maximum absolute atomic E-state index is 13.1. The topological polar surface area (TPSA) is 133 Å². The van der Waals surface area contributed by atoms with E-state index in [1.54, 1.807) is 43.4 Å². The second-order valence-electron chi connectivity index (χ2n) is 11.0. The Kier molecular flexibility index (Phi) is 9.80. The summed E-state index contributed by atoms with van der Waals surface area (Å²) in [5, 5.41) is 21.1. The molecule has 0 aromatic heterocycles. The molecule has 1 aliphatic carbocycles. The van der Waals surface area contributed by atoms with E-state index in [0.29, 0.717) is 42.6 Å². The second-order valence-corrected chi connectivity index (χ2v) is 18.8. The molecule has 0 saturated heterocycles. The Morgan fingerprint density at radius 1 is 1.13 bits per heavy atom. The molecule has 0 aliphatic heterocycles. The van der Waals surface area contributed by atoms with Gasteiger partial charge in [0.05, 0.1) is 23.3 Å². The van der Waals surface area contributed by atoms with Crippen molar-refractivity contribution in [2.24, 2.45) is 0 Å². The van der Waals surface area contributed by atoms with Gasteiger partial charge in [-0.2, -0.15) is 0 Å². The number of benzene rings is 2. The second kappa shape index (κ2) is 12.5.